The molecule has 114 valence electrons. The zero-order valence-electron chi connectivity index (χ0n) is 11.7. The van der Waals surface area contributed by atoms with Crippen LogP contribution in [0.1, 0.15) is 18.0 Å². The highest BCUT2D eigenvalue weighted by Crippen LogP contribution is 2.37. The van der Waals surface area contributed by atoms with E-state index in [-0.39, 0.29) is 18.2 Å². The average Bonchev–Trinajstić information content (AvgIpc) is 3.08. The number of amides is 2. The largest absolute Gasteiger partial charge is 0.338 e. The van der Waals surface area contributed by atoms with Gasteiger partial charge in [-0.3, -0.25) is 9.59 Å². The molecule has 0 bridgehead atoms. The fraction of sp³-hybridized carbons (Fsp3) is 0.286. The Labute approximate surface area is 130 Å². The molecule has 3 rings (SSSR count). The zero-order valence-corrected chi connectivity index (χ0v) is 12.5. The Bertz CT molecular complexity index is 707. The maximum Gasteiger partial charge on any atom is 0.232 e. The molecule has 1 aromatic heterocycles. The molecule has 0 spiro atoms. The van der Waals surface area contributed by atoms with Crippen LogP contribution in [0.25, 0.3) is 0 Å². The van der Waals surface area contributed by atoms with Crippen LogP contribution in [0.5, 0.6) is 0 Å². The predicted octanol–water partition coefficient (Wildman–Crippen LogP) is 1.84. The van der Waals surface area contributed by atoms with E-state index in [0.717, 1.165) is 0 Å². The van der Waals surface area contributed by atoms with Crippen molar-refractivity contribution in [1.29, 1.82) is 0 Å². The Hall–Kier alpha value is -2.35. The first-order chi connectivity index (χ1) is 10.6. The molecule has 1 fully saturated rings. The van der Waals surface area contributed by atoms with Crippen LogP contribution in [0.4, 0.5) is 9.52 Å². The summed E-state index contributed by atoms with van der Waals surface area (Å²) in [6.45, 7) is 0. The number of anilines is 1. The minimum Gasteiger partial charge on any atom is -0.338 e. The molecule has 1 aliphatic rings. The summed E-state index contributed by atoms with van der Waals surface area (Å²) >= 11 is 1.20. The van der Waals surface area contributed by atoms with Gasteiger partial charge >= 0.3 is 0 Å². The van der Waals surface area contributed by atoms with Crippen molar-refractivity contribution in [2.75, 3.05) is 12.4 Å². The zero-order chi connectivity index (χ0) is 15.7. The molecule has 2 aromatic rings. The summed E-state index contributed by atoms with van der Waals surface area (Å²) in [5.74, 6) is -1.45. The van der Waals surface area contributed by atoms with E-state index in [0.29, 0.717) is 10.7 Å². The van der Waals surface area contributed by atoms with Gasteiger partial charge in [-0.25, -0.2) is 4.39 Å². The number of carbonyl (C=O) groups is 2. The topological polar surface area (TPSA) is 75.2 Å². The Morgan fingerprint density at radius 2 is 2.32 bits per heavy atom. The first-order valence-corrected chi connectivity index (χ1v) is 7.52. The van der Waals surface area contributed by atoms with E-state index in [1.807, 2.05) is 0 Å². The lowest BCUT2D eigenvalue weighted by molar-refractivity contribution is -0.127. The molecule has 0 aliphatic carbocycles. The normalized spacial score (nSPS) is 21.2. The van der Waals surface area contributed by atoms with Crippen LogP contribution in [-0.2, 0) is 9.59 Å². The quantitative estimate of drug-likeness (QED) is 0.936. The summed E-state index contributed by atoms with van der Waals surface area (Å²) < 4.78 is 13.5. The summed E-state index contributed by atoms with van der Waals surface area (Å²) in [5, 5.41) is 10.4. The number of benzene rings is 1. The van der Waals surface area contributed by atoms with Gasteiger partial charge in [-0.05, 0) is 17.7 Å². The van der Waals surface area contributed by atoms with E-state index in [9.17, 15) is 14.0 Å². The number of rotatable bonds is 3. The summed E-state index contributed by atoms with van der Waals surface area (Å²) in [7, 11) is 1.62. The Morgan fingerprint density at radius 3 is 3.00 bits per heavy atom. The fourth-order valence-electron chi connectivity index (χ4n) is 2.68. The first kappa shape index (κ1) is 14.6. The number of hydrogen-bond acceptors (Lipinski definition) is 5. The molecule has 8 heteroatoms. The van der Waals surface area contributed by atoms with Gasteiger partial charge in [-0.2, -0.15) is 0 Å². The van der Waals surface area contributed by atoms with E-state index in [1.165, 1.54) is 33.9 Å². The third-order valence-corrected chi connectivity index (χ3v) is 4.31. The second-order valence-electron chi connectivity index (χ2n) is 5.05. The third-order valence-electron chi connectivity index (χ3n) is 3.70. The van der Waals surface area contributed by atoms with Crippen molar-refractivity contribution >= 4 is 28.3 Å². The molecule has 0 saturated carbocycles. The van der Waals surface area contributed by atoms with Gasteiger partial charge in [0.15, 0.2) is 0 Å². The lowest BCUT2D eigenvalue weighted by Crippen LogP contribution is -2.30. The smallest absolute Gasteiger partial charge is 0.232 e. The van der Waals surface area contributed by atoms with Gasteiger partial charge in [0, 0.05) is 13.5 Å². The van der Waals surface area contributed by atoms with Crippen molar-refractivity contribution in [3.8, 4) is 0 Å². The molecule has 6 nitrogen and oxygen atoms in total. The van der Waals surface area contributed by atoms with Crippen LogP contribution in [0.2, 0.25) is 0 Å². The van der Waals surface area contributed by atoms with Crippen molar-refractivity contribution in [2.24, 2.45) is 5.92 Å². The van der Waals surface area contributed by atoms with Gasteiger partial charge in [0.1, 0.15) is 11.3 Å². The van der Waals surface area contributed by atoms with E-state index >= 15 is 0 Å². The first-order valence-electron chi connectivity index (χ1n) is 6.64. The van der Waals surface area contributed by atoms with E-state index in [4.69, 9.17) is 0 Å². The number of likely N-dealkylation sites (tertiary alicyclic amines) is 1. The second kappa shape index (κ2) is 5.80. The number of carbonyl (C=O) groups excluding carboxylic acids is 2. The Balaban J connectivity index is 1.88. The third kappa shape index (κ3) is 2.69. The van der Waals surface area contributed by atoms with Crippen LogP contribution < -0.4 is 5.32 Å². The molecular formula is C14H13FN4O2S. The molecule has 2 atom stereocenters. The van der Waals surface area contributed by atoms with Gasteiger partial charge in [-0.15, -0.1) is 10.2 Å². The molecule has 1 aromatic carbocycles. The van der Waals surface area contributed by atoms with Gasteiger partial charge < -0.3 is 10.2 Å². The van der Waals surface area contributed by atoms with Crippen LogP contribution in [0.3, 0.4) is 0 Å². The minimum absolute atomic E-state index is 0.0856. The molecule has 2 amide bonds. The van der Waals surface area contributed by atoms with Gasteiger partial charge in [-0.1, -0.05) is 23.5 Å². The lowest BCUT2D eigenvalue weighted by atomic mass is 9.93. The molecule has 1 aliphatic heterocycles. The van der Waals surface area contributed by atoms with Crippen molar-refractivity contribution in [2.45, 2.75) is 12.5 Å². The van der Waals surface area contributed by atoms with Crippen molar-refractivity contribution in [1.82, 2.24) is 15.1 Å². The Morgan fingerprint density at radius 1 is 1.50 bits per heavy atom. The molecule has 2 heterocycles. The summed E-state index contributed by atoms with van der Waals surface area (Å²) in [6, 6.07) is 5.48. The van der Waals surface area contributed by atoms with Crippen molar-refractivity contribution in [3.05, 3.63) is 41.2 Å². The highest BCUT2D eigenvalue weighted by molar-refractivity contribution is 7.13. The van der Waals surface area contributed by atoms with E-state index in [1.54, 1.807) is 19.2 Å². The van der Waals surface area contributed by atoms with Gasteiger partial charge in [0.2, 0.25) is 16.9 Å². The molecule has 22 heavy (non-hydrogen) atoms. The number of aromatic nitrogens is 2. The summed E-state index contributed by atoms with van der Waals surface area (Å²) in [4.78, 5) is 25.9. The molecule has 1 N–H and O–H groups in total. The lowest BCUT2D eigenvalue weighted by Gasteiger charge is -2.24. The van der Waals surface area contributed by atoms with Crippen molar-refractivity contribution < 1.29 is 14.0 Å². The predicted molar refractivity (Wildman–Crippen MR) is 78.6 cm³/mol. The minimum atomic E-state index is -0.594. The number of nitrogens with one attached hydrogen (secondary N) is 1. The second-order valence-corrected chi connectivity index (χ2v) is 5.88. The highest BCUT2D eigenvalue weighted by atomic mass is 32.1. The average molecular weight is 320 g/mol. The van der Waals surface area contributed by atoms with Gasteiger partial charge in [0.05, 0.1) is 12.0 Å². The monoisotopic (exact) mass is 320 g/mol. The maximum absolute atomic E-state index is 13.5. The van der Waals surface area contributed by atoms with E-state index in [2.05, 4.69) is 15.5 Å². The SMILES string of the molecule is CN1C(=O)C[C@H](C(=O)Nc2nncs2)[C@H]1c1cccc(F)c1. The van der Waals surface area contributed by atoms with Crippen molar-refractivity contribution in [3.63, 3.8) is 0 Å². The number of nitrogens with zero attached hydrogens (tertiary/aromatic N) is 3. The van der Waals surface area contributed by atoms with Gasteiger partial charge in [0.25, 0.3) is 0 Å². The molecule has 1 saturated heterocycles. The number of hydrogen-bond donors (Lipinski definition) is 1. The Kier molecular flexibility index (Phi) is 3.84. The fourth-order valence-corrected chi connectivity index (χ4v) is 3.12. The van der Waals surface area contributed by atoms with Crippen LogP contribution in [0.15, 0.2) is 29.8 Å². The van der Waals surface area contributed by atoms with Crippen LogP contribution >= 0.6 is 11.3 Å². The summed E-state index contributed by atoms with van der Waals surface area (Å²) in [6.07, 6.45) is 0.0856. The number of halogens is 1. The standard InChI is InChI=1S/C14H13FN4O2S/c1-19-11(20)6-10(13(21)17-14-18-16-7-22-14)12(19)8-3-2-4-9(15)5-8/h2-5,7,10,12H,6H2,1H3,(H,17,18,21)/t10-,12+/m0/s1. The molecule has 0 unspecified atom stereocenters. The molecular weight excluding hydrogens is 307 g/mol. The molecule has 0 radical (unpaired) electrons. The summed E-state index contributed by atoms with van der Waals surface area (Å²) in [5.41, 5.74) is 2.11. The maximum atomic E-state index is 13.5. The van der Waals surface area contributed by atoms with E-state index < -0.39 is 17.8 Å². The highest BCUT2D eigenvalue weighted by Gasteiger charge is 2.42. The van der Waals surface area contributed by atoms with Crippen LogP contribution in [-0.4, -0.2) is 34.0 Å². The van der Waals surface area contributed by atoms with Crippen LogP contribution in [0, 0.1) is 11.7 Å².